The molecule has 5 aromatic carbocycles. The van der Waals surface area contributed by atoms with Gasteiger partial charge in [-0.3, -0.25) is 9.59 Å². The van der Waals surface area contributed by atoms with Crippen molar-refractivity contribution in [3.63, 3.8) is 0 Å². The molecule has 1 unspecified atom stereocenters. The Bertz CT molecular complexity index is 2500. The first kappa shape index (κ1) is 64.7. The Morgan fingerprint density at radius 1 is 0.532 bits per heavy atom. The Hall–Kier alpha value is -5.14. The van der Waals surface area contributed by atoms with Crippen LogP contribution in [0.5, 0.6) is 23.0 Å². The number of halogens is 6. The predicted molar refractivity (Wildman–Crippen MR) is 302 cm³/mol. The monoisotopic (exact) mass is 1150 g/mol. The minimum absolute atomic E-state index is 0.0638. The van der Waals surface area contributed by atoms with Crippen LogP contribution in [0.2, 0.25) is 0 Å². The van der Waals surface area contributed by atoms with Crippen molar-refractivity contribution in [2.75, 3.05) is 96.5 Å². The van der Waals surface area contributed by atoms with Gasteiger partial charge in [0.2, 0.25) is 11.8 Å². The van der Waals surface area contributed by atoms with Gasteiger partial charge in [0, 0.05) is 17.4 Å². The van der Waals surface area contributed by atoms with Gasteiger partial charge < -0.3 is 43.2 Å². The Balaban J connectivity index is 0.000000264. The van der Waals surface area contributed by atoms with E-state index in [9.17, 15) is 34.8 Å². The minimum Gasteiger partial charge on any atom is -0.487 e. The minimum atomic E-state index is -10.7. The summed E-state index contributed by atoms with van der Waals surface area (Å²) in [6, 6.07) is 36.0. The molecule has 1 saturated heterocycles. The van der Waals surface area contributed by atoms with Crippen molar-refractivity contribution in [1.29, 1.82) is 0 Å². The van der Waals surface area contributed by atoms with Gasteiger partial charge in [0.1, 0.15) is 33.0 Å². The van der Waals surface area contributed by atoms with Crippen LogP contribution in [-0.4, -0.2) is 109 Å². The van der Waals surface area contributed by atoms with Crippen LogP contribution in [0, 0.1) is 0 Å². The molecule has 438 valence electrons. The first-order chi connectivity index (χ1) is 37.3. The summed E-state index contributed by atoms with van der Waals surface area (Å²) in [6.07, 6.45) is 4.95. The van der Waals surface area contributed by atoms with Gasteiger partial charge in [-0.1, -0.05) is 115 Å². The Morgan fingerprint density at radius 2 is 0.937 bits per heavy atom. The van der Waals surface area contributed by atoms with Gasteiger partial charge in [0.15, 0.2) is 23.0 Å². The summed E-state index contributed by atoms with van der Waals surface area (Å²) in [5, 5.41) is 4.17. The zero-order chi connectivity index (χ0) is 57.4. The molecule has 2 N–H and O–H groups in total. The number of carbonyl (C=O) groups excluding carboxylic acids is 2. The third kappa shape index (κ3) is 25.5. The van der Waals surface area contributed by atoms with Gasteiger partial charge in [0.25, 0.3) is 0 Å². The molecule has 5 aromatic rings. The van der Waals surface area contributed by atoms with Crippen LogP contribution in [0.4, 0.5) is 30.9 Å². The molecule has 2 heterocycles. The molecule has 2 aliphatic rings. The molecule has 12 nitrogen and oxygen atoms in total. The van der Waals surface area contributed by atoms with Crippen molar-refractivity contribution in [3.8, 4) is 23.0 Å². The summed E-state index contributed by atoms with van der Waals surface area (Å²) in [7, 11) is -10.7. The Morgan fingerprint density at radius 3 is 1.39 bits per heavy atom. The number of thioether (sulfide) groups is 1. The van der Waals surface area contributed by atoms with E-state index in [-0.39, 0.29) is 27.9 Å². The fourth-order valence-electron chi connectivity index (χ4n) is 8.17. The summed E-state index contributed by atoms with van der Waals surface area (Å²) in [5.41, 5.74) is 5.28. The smallest absolute Gasteiger partial charge is 0.161 e. The number of benzene rings is 5. The van der Waals surface area contributed by atoms with E-state index in [4.69, 9.17) is 37.9 Å². The molecule has 0 bridgehead atoms. The van der Waals surface area contributed by atoms with Crippen LogP contribution in [0.25, 0.3) is 10.8 Å². The van der Waals surface area contributed by atoms with Crippen LogP contribution in [0.3, 0.4) is 0 Å². The largest absolute Gasteiger partial charge is 0.487 e. The molecule has 0 spiro atoms. The SMILES string of the molecule is CC(C)(C)c1cc(C[NH2+]CCCCCCSC2CC(=O)N(c3cccc4ccccc34)C2=O)cc(C(C)(C)C)c1.F[P-](F)(F)(F)(F)F.c1ccc2c(c1)OCCOCCOCCOc1ccccc1OCCOCCOCCO2. The predicted octanol–water partition coefficient (Wildman–Crippen LogP) is 13.5. The number of hydrogen-bond acceptors (Lipinski definition) is 11. The van der Waals surface area contributed by atoms with E-state index in [0.717, 1.165) is 42.5 Å². The zero-order valence-electron chi connectivity index (χ0n) is 46.3. The number of carbonyl (C=O) groups is 2. The van der Waals surface area contributed by atoms with E-state index in [2.05, 4.69) is 65.1 Å². The van der Waals surface area contributed by atoms with Crippen LogP contribution in [0.15, 0.2) is 109 Å². The van der Waals surface area contributed by atoms with Crippen molar-refractivity contribution in [1.82, 2.24) is 0 Å². The maximum atomic E-state index is 13.1. The number of nitrogens with zero attached hydrogens (tertiary/aromatic N) is 1. The van der Waals surface area contributed by atoms with Crippen LogP contribution in [-0.2, 0) is 45.9 Å². The van der Waals surface area contributed by atoms with Gasteiger partial charge in [-0.05, 0) is 94.8 Å². The van der Waals surface area contributed by atoms with Crippen LogP contribution in [0.1, 0.15) is 90.3 Å². The van der Waals surface area contributed by atoms with Gasteiger partial charge >= 0.3 is 33.0 Å². The number of unbranched alkanes of at least 4 members (excludes halogenated alkanes) is 3. The van der Waals surface area contributed by atoms with E-state index in [1.54, 1.807) is 11.8 Å². The molecule has 0 aliphatic carbocycles. The number of hydrogen-bond donors (Lipinski definition) is 1. The van der Waals surface area contributed by atoms with E-state index >= 15 is 0 Å². The number of anilines is 1. The van der Waals surface area contributed by atoms with Crippen molar-refractivity contribution in [3.05, 3.63) is 126 Å². The topological polar surface area (TPSA) is 128 Å². The summed E-state index contributed by atoms with van der Waals surface area (Å²) in [5.74, 6) is 3.50. The van der Waals surface area contributed by atoms with Crippen molar-refractivity contribution < 1.29 is 78.0 Å². The fraction of sp³-hybridized carbons (Fsp3) is 0.492. The standard InChI is InChI=1S/C35H46N2O2S.C24H32O8.F6P/c1-34(2,3)27-20-25(21-28(22-27)35(4,5)6)24-36-18-11-7-8-12-19-40-31-23-32(38)37(33(31)39)30-17-13-15-26-14-9-10-16-29(26)30;1-2-6-22-21(5-1)29-17-13-25-9-10-27-15-19-31-23-7-3-4-8-24(23)32-20-16-28-12-11-26-14-18-30-22;1-7(2,3,4,5)6/h9-10,13-17,20-22,31,36H,7-8,11-12,18-19,23-24H2,1-6H3;1-8H,9-20H2;/q;;-1/p+1. The number of ether oxygens (including phenoxy) is 8. The number of imide groups is 1. The number of amides is 2. The van der Waals surface area contributed by atoms with E-state index < -0.39 is 7.81 Å². The average molecular weight is 1150 g/mol. The zero-order valence-corrected chi connectivity index (χ0v) is 48.1. The summed E-state index contributed by atoms with van der Waals surface area (Å²) in [6.45, 7) is 21.4. The molecule has 0 aromatic heterocycles. The second-order valence-corrected chi connectivity index (χ2v) is 24.2. The second kappa shape index (κ2) is 30.1. The Kier molecular flexibility index (Phi) is 24.6. The molecule has 20 heteroatoms. The van der Waals surface area contributed by atoms with Gasteiger partial charge in [-0.2, -0.15) is 0 Å². The molecule has 7 rings (SSSR count). The first-order valence-corrected chi connectivity index (χ1v) is 29.9. The maximum Gasteiger partial charge on any atom is 0.161 e. The van der Waals surface area contributed by atoms with Gasteiger partial charge in [0.05, 0.1) is 70.3 Å². The number of fused-ring (bicyclic) bond motifs is 3. The first-order valence-electron chi connectivity index (χ1n) is 26.8. The maximum absolute atomic E-state index is 13.1. The third-order valence-electron chi connectivity index (χ3n) is 12.2. The fourth-order valence-corrected chi connectivity index (χ4v) is 9.33. The van der Waals surface area contributed by atoms with E-state index in [0.29, 0.717) is 114 Å². The van der Waals surface area contributed by atoms with Crippen molar-refractivity contribution >= 4 is 47.8 Å². The van der Waals surface area contributed by atoms with Crippen molar-refractivity contribution in [2.45, 2.75) is 96.3 Å². The second-order valence-electron chi connectivity index (χ2n) is 20.9. The van der Waals surface area contributed by atoms with Crippen LogP contribution < -0.4 is 29.2 Å². The molecule has 0 radical (unpaired) electrons. The van der Waals surface area contributed by atoms with Crippen LogP contribution >= 0.6 is 19.6 Å². The molecule has 2 amide bonds. The quantitative estimate of drug-likeness (QED) is 0.0588. The molecule has 79 heavy (non-hydrogen) atoms. The molecule has 0 saturated carbocycles. The molecular formula is C59H79F6N2O10PS. The summed E-state index contributed by atoms with van der Waals surface area (Å²) >= 11 is 1.65. The summed E-state index contributed by atoms with van der Waals surface area (Å²) < 4.78 is 105. The number of para-hydroxylation sites is 4. The van der Waals surface area contributed by atoms with Gasteiger partial charge in [-0.25, -0.2) is 4.90 Å². The third-order valence-corrected chi connectivity index (χ3v) is 13.5. The number of rotatable bonds is 11. The molecule has 1 fully saturated rings. The normalized spacial score (nSPS) is 17.7. The molecule has 1 atom stereocenters. The average Bonchev–Trinajstić information content (AvgIpc) is 3.84. The summed E-state index contributed by atoms with van der Waals surface area (Å²) in [4.78, 5) is 27.4. The number of nitrogens with two attached hydrogens (primary N) is 1. The van der Waals surface area contributed by atoms with E-state index in [1.165, 1.54) is 34.4 Å². The molecule has 2 aliphatic heterocycles. The number of quaternary nitrogens is 1. The van der Waals surface area contributed by atoms with E-state index in [1.807, 2.05) is 91.0 Å². The van der Waals surface area contributed by atoms with Gasteiger partial charge in [-0.15, -0.1) is 11.8 Å². The van der Waals surface area contributed by atoms with Crippen molar-refractivity contribution in [2.24, 2.45) is 0 Å². The Labute approximate surface area is 465 Å². The molecular weight excluding hydrogens is 1070 g/mol.